The normalized spacial score (nSPS) is 21.3. The van der Waals surface area contributed by atoms with Gasteiger partial charge in [-0.15, -0.1) is 47.0 Å². The third kappa shape index (κ3) is 4.42. The van der Waals surface area contributed by atoms with Gasteiger partial charge in [0.25, 0.3) is 0 Å². The van der Waals surface area contributed by atoms with Crippen LogP contribution in [0.15, 0.2) is 61.8 Å². The second kappa shape index (κ2) is 10.7. The maximum absolute atomic E-state index is 6.12. The molecule has 38 heavy (non-hydrogen) atoms. The van der Waals surface area contributed by atoms with Gasteiger partial charge >= 0.3 is 0 Å². The second-order valence-corrected chi connectivity index (χ2v) is 18.4. The first-order valence-corrected chi connectivity index (χ1v) is 19.0. The highest BCUT2D eigenvalue weighted by Crippen LogP contribution is 2.67. The minimum absolute atomic E-state index is 0.242. The largest absolute Gasteiger partial charge is 0.454 e. The lowest BCUT2D eigenvalue weighted by Crippen LogP contribution is -1.99. The number of thioether (sulfide) groups is 8. The average Bonchev–Trinajstić information content (AvgIpc) is 3.76. The molecule has 0 radical (unpaired) electrons. The van der Waals surface area contributed by atoms with Gasteiger partial charge in [-0.25, -0.2) is 0 Å². The first-order chi connectivity index (χ1) is 18.8. The van der Waals surface area contributed by atoms with Crippen molar-refractivity contribution < 1.29 is 18.9 Å². The third-order valence-corrected chi connectivity index (χ3v) is 17.7. The van der Waals surface area contributed by atoms with Crippen molar-refractivity contribution in [3.05, 3.63) is 72.9 Å². The number of fused-ring (bicyclic) bond motifs is 2. The summed E-state index contributed by atoms with van der Waals surface area (Å²) in [6.07, 6.45) is 0. The van der Waals surface area contributed by atoms with Crippen LogP contribution in [0.5, 0.6) is 23.0 Å². The van der Waals surface area contributed by atoms with E-state index in [9.17, 15) is 0 Å². The summed E-state index contributed by atoms with van der Waals surface area (Å²) in [4.78, 5) is 0. The Kier molecular flexibility index (Phi) is 7.05. The predicted octanol–water partition coefficient (Wildman–Crippen LogP) is 9.35. The van der Waals surface area contributed by atoms with Crippen LogP contribution in [0.4, 0.5) is 0 Å². The molecule has 0 spiro atoms. The van der Waals surface area contributed by atoms with E-state index < -0.39 is 0 Å². The Hall–Kier alpha value is -0.600. The Bertz CT molecular complexity index is 1340. The highest BCUT2D eigenvalue weighted by molar-refractivity contribution is 8.42. The summed E-state index contributed by atoms with van der Waals surface area (Å²) >= 11 is 15.5. The quantitative estimate of drug-likeness (QED) is 0.318. The Balaban J connectivity index is 1.38. The van der Waals surface area contributed by atoms with Crippen LogP contribution in [0, 0.1) is 0 Å². The van der Waals surface area contributed by atoms with Crippen molar-refractivity contribution in [2.75, 3.05) is 36.6 Å². The molecular formula is C26H18O4S8. The summed E-state index contributed by atoms with van der Waals surface area (Å²) in [5.41, 5.74) is 4.50. The van der Waals surface area contributed by atoms with E-state index >= 15 is 0 Å². The minimum atomic E-state index is 0.242. The van der Waals surface area contributed by atoms with Crippen LogP contribution in [0.2, 0.25) is 0 Å². The van der Waals surface area contributed by atoms with Crippen molar-refractivity contribution in [1.29, 1.82) is 0 Å². The van der Waals surface area contributed by atoms with E-state index in [0.29, 0.717) is 0 Å². The van der Waals surface area contributed by atoms with Gasteiger partial charge in [-0.2, -0.15) is 0 Å². The summed E-state index contributed by atoms with van der Waals surface area (Å²) in [5.74, 6) is 7.84. The molecule has 4 nitrogen and oxygen atoms in total. The van der Waals surface area contributed by atoms with Crippen LogP contribution in [0.3, 0.4) is 0 Å². The molecular weight excluding hydrogens is 633 g/mol. The van der Waals surface area contributed by atoms with Gasteiger partial charge in [0.1, 0.15) is 0 Å². The van der Waals surface area contributed by atoms with Crippen LogP contribution in [-0.4, -0.2) is 36.6 Å². The van der Waals surface area contributed by atoms with Crippen LogP contribution >= 0.6 is 94.1 Å². The summed E-state index contributed by atoms with van der Waals surface area (Å²) in [5, 5.41) is 0. The van der Waals surface area contributed by atoms with Crippen molar-refractivity contribution in [1.82, 2.24) is 0 Å². The van der Waals surface area contributed by atoms with Crippen molar-refractivity contribution in [3.63, 3.8) is 0 Å². The molecule has 0 aromatic heterocycles. The van der Waals surface area contributed by atoms with E-state index in [-0.39, 0.29) is 13.6 Å². The molecule has 12 heteroatoms. The fourth-order valence-electron chi connectivity index (χ4n) is 4.59. The predicted molar refractivity (Wildman–Crippen MR) is 173 cm³/mol. The maximum Gasteiger partial charge on any atom is 0.231 e. The SMILES string of the molecule is c1cc2c(c(C(=C3SC4=C(SCCS4)S3)C(=C3SC4=C(SCCS4)S3)c3cccc4c3OCO4)c1)OCO2. The number of para-hydroxylation sites is 2. The molecule has 0 saturated heterocycles. The molecule has 0 atom stereocenters. The van der Waals surface area contributed by atoms with Gasteiger partial charge in [0.2, 0.25) is 13.6 Å². The molecule has 0 bridgehead atoms. The second-order valence-electron chi connectivity index (χ2n) is 8.36. The molecule has 2 aromatic rings. The number of ether oxygens (including phenoxy) is 4. The van der Waals surface area contributed by atoms with Crippen LogP contribution in [-0.2, 0) is 0 Å². The summed E-state index contributed by atoms with van der Waals surface area (Å²) in [7, 11) is 0. The Morgan fingerprint density at radius 3 is 1.29 bits per heavy atom. The van der Waals surface area contributed by atoms with Crippen LogP contribution < -0.4 is 18.9 Å². The Morgan fingerprint density at radius 2 is 0.895 bits per heavy atom. The molecule has 0 aliphatic carbocycles. The molecule has 6 heterocycles. The molecule has 0 N–H and O–H groups in total. The number of rotatable bonds is 3. The monoisotopic (exact) mass is 650 g/mol. The zero-order valence-electron chi connectivity index (χ0n) is 19.6. The van der Waals surface area contributed by atoms with Gasteiger partial charge in [0.05, 0.1) is 25.4 Å². The van der Waals surface area contributed by atoms with Crippen molar-refractivity contribution in [2.45, 2.75) is 0 Å². The molecule has 0 saturated carbocycles. The van der Waals surface area contributed by atoms with Gasteiger partial charge in [-0.1, -0.05) is 71.3 Å². The van der Waals surface area contributed by atoms with E-state index in [1.54, 1.807) is 0 Å². The Labute approximate surface area is 254 Å². The zero-order valence-corrected chi connectivity index (χ0v) is 26.1. The fraction of sp³-hybridized carbons (Fsp3) is 0.231. The van der Waals surface area contributed by atoms with E-state index in [2.05, 4.69) is 24.3 Å². The lowest BCUT2D eigenvalue weighted by Gasteiger charge is -2.20. The Morgan fingerprint density at radius 1 is 0.500 bits per heavy atom. The number of hydrogen-bond acceptors (Lipinski definition) is 12. The first-order valence-electron chi connectivity index (χ1n) is 11.8. The molecule has 194 valence electrons. The van der Waals surface area contributed by atoms with Gasteiger partial charge in [0, 0.05) is 45.3 Å². The molecule has 8 rings (SSSR count). The maximum atomic E-state index is 6.12. The first kappa shape index (κ1) is 25.1. The number of benzene rings is 2. The summed E-state index contributed by atoms with van der Waals surface area (Å²) in [6.45, 7) is 0.484. The number of allylic oxidation sites excluding steroid dienone is 2. The third-order valence-electron chi connectivity index (χ3n) is 6.16. The van der Waals surface area contributed by atoms with Crippen LogP contribution in [0.25, 0.3) is 11.1 Å². The van der Waals surface area contributed by atoms with Crippen molar-refractivity contribution in [3.8, 4) is 23.0 Å². The molecule has 2 aromatic carbocycles. The van der Waals surface area contributed by atoms with E-state index in [0.717, 1.165) is 57.1 Å². The topological polar surface area (TPSA) is 36.9 Å². The van der Waals surface area contributed by atoms with Crippen molar-refractivity contribution in [2.24, 2.45) is 0 Å². The van der Waals surface area contributed by atoms with E-state index in [1.165, 1.54) is 36.6 Å². The molecule has 0 amide bonds. The van der Waals surface area contributed by atoms with Gasteiger partial charge in [0.15, 0.2) is 23.0 Å². The average molecular weight is 651 g/mol. The molecule has 0 unspecified atom stereocenters. The molecule has 0 fully saturated rings. The highest BCUT2D eigenvalue weighted by atomic mass is 32.3. The standard InChI is InChI=1S/C26H18O4S8/c1-3-13(19-15(5-1)27-11-29-19)17(21-35-23-24(36-21)32-8-7-31-23)18(14-4-2-6-16-20(14)30-12-28-16)22-37-25-26(38-22)34-10-9-33-25/h1-6H,7-12H2. The van der Waals surface area contributed by atoms with Crippen LogP contribution in [0.1, 0.15) is 11.1 Å². The summed E-state index contributed by atoms with van der Waals surface area (Å²) < 4.78 is 32.2. The number of hydrogen-bond donors (Lipinski definition) is 0. The molecule has 6 aliphatic rings. The zero-order chi connectivity index (χ0) is 25.1. The lowest BCUT2D eigenvalue weighted by molar-refractivity contribution is 0.173. The van der Waals surface area contributed by atoms with E-state index in [1.807, 2.05) is 106 Å². The highest BCUT2D eigenvalue weighted by Gasteiger charge is 2.37. The molecule has 6 aliphatic heterocycles. The van der Waals surface area contributed by atoms with Gasteiger partial charge < -0.3 is 18.9 Å². The minimum Gasteiger partial charge on any atom is -0.454 e. The smallest absolute Gasteiger partial charge is 0.231 e. The fourth-order valence-corrected chi connectivity index (χ4v) is 16.7. The van der Waals surface area contributed by atoms with E-state index in [4.69, 9.17) is 18.9 Å². The van der Waals surface area contributed by atoms with Gasteiger partial charge in [-0.05, 0) is 12.1 Å². The lowest BCUT2D eigenvalue weighted by atomic mass is 9.93. The summed E-state index contributed by atoms with van der Waals surface area (Å²) in [6, 6.07) is 12.5. The van der Waals surface area contributed by atoms with Crippen molar-refractivity contribution >= 4 is 105 Å². The van der Waals surface area contributed by atoms with Gasteiger partial charge in [-0.3, -0.25) is 0 Å².